The molecule has 2 aliphatic heterocycles. The Morgan fingerprint density at radius 1 is 1.03 bits per heavy atom. The van der Waals surface area contributed by atoms with E-state index < -0.39 is 10.0 Å². The highest BCUT2D eigenvalue weighted by molar-refractivity contribution is 7.89. The number of hydrogen-bond acceptors (Lipinski definition) is 6. The van der Waals surface area contributed by atoms with E-state index in [9.17, 15) is 13.2 Å². The lowest BCUT2D eigenvalue weighted by Crippen LogP contribution is -2.44. The summed E-state index contributed by atoms with van der Waals surface area (Å²) in [6.45, 7) is 2.26. The SMILES string of the molecule is O=C(NCC1(c2ccc3c(c2)OCO3)CCOCC1)c1cccc(S(=O)(=O)NCC2CC2)c1. The molecule has 1 aliphatic carbocycles. The van der Waals surface area contributed by atoms with Gasteiger partial charge in [0.15, 0.2) is 11.5 Å². The molecule has 0 aromatic heterocycles. The first-order valence-electron chi connectivity index (χ1n) is 11.3. The Morgan fingerprint density at radius 3 is 2.61 bits per heavy atom. The van der Waals surface area contributed by atoms with E-state index in [2.05, 4.69) is 10.0 Å². The van der Waals surface area contributed by atoms with E-state index in [4.69, 9.17) is 14.2 Å². The highest BCUT2D eigenvalue weighted by atomic mass is 32.2. The molecule has 33 heavy (non-hydrogen) atoms. The molecule has 1 saturated heterocycles. The van der Waals surface area contributed by atoms with E-state index in [0.717, 1.165) is 37.0 Å². The zero-order chi connectivity index (χ0) is 22.9. The summed E-state index contributed by atoms with van der Waals surface area (Å²) in [5.41, 5.74) is 1.08. The van der Waals surface area contributed by atoms with Crippen molar-refractivity contribution in [2.75, 3.05) is 33.1 Å². The van der Waals surface area contributed by atoms with Gasteiger partial charge in [-0.25, -0.2) is 13.1 Å². The van der Waals surface area contributed by atoms with Crippen molar-refractivity contribution in [1.29, 1.82) is 0 Å². The fraction of sp³-hybridized carbons (Fsp3) is 0.458. The molecule has 176 valence electrons. The summed E-state index contributed by atoms with van der Waals surface area (Å²) >= 11 is 0. The van der Waals surface area contributed by atoms with Gasteiger partial charge in [-0.1, -0.05) is 12.1 Å². The van der Waals surface area contributed by atoms with Gasteiger partial charge in [-0.05, 0) is 67.5 Å². The summed E-state index contributed by atoms with van der Waals surface area (Å²) in [5.74, 6) is 1.55. The third kappa shape index (κ3) is 4.85. The van der Waals surface area contributed by atoms with Crippen LogP contribution < -0.4 is 19.5 Å². The van der Waals surface area contributed by atoms with Gasteiger partial charge in [-0.15, -0.1) is 0 Å². The minimum atomic E-state index is -3.64. The lowest BCUT2D eigenvalue weighted by atomic mass is 9.74. The average Bonchev–Trinajstić information content (AvgIpc) is 3.56. The number of carbonyl (C=O) groups is 1. The second-order valence-corrected chi connectivity index (χ2v) is 10.7. The van der Waals surface area contributed by atoms with Gasteiger partial charge < -0.3 is 19.5 Å². The van der Waals surface area contributed by atoms with E-state index in [-0.39, 0.29) is 23.0 Å². The molecule has 2 heterocycles. The zero-order valence-corrected chi connectivity index (χ0v) is 19.2. The van der Waals surface area contributed by atoms with Crippen LogP contribution in [-0.4, -0.2) is 47.4 Å². The summed E-state index contributed by atoms with van der Waals surface area (Å²) in [6.07, 6.45) is 3.63. The summed E-state index contributed by atoms with van der Waals surface area (Å²) < 4.78 is 44.4. The molecule has 2 aromatic carbocycles. The molecule has 0 spiro atoms. The Kier molecular flexibility index (Phi) is 6.03. The standard InChI is InChI=1S/C24H28N2O6S/c27-23(18-2-1-3-20(12-18)33(28,29)26-14-17-4-5-17)25-15-24(8-10-30-11-9-24)19-6-7-21-22(13-19)32-16-31-21/h1-3,6-7,12-13,17,26H,4-5,8-11,14-16H2,(H,25,27). The van der Waals surface area contributed by atoms with Gasteiger partial charge >= 0.3 is 0 Å². The van der Waals surface area contributed by atoms with E-state index >= 15 is 0 Å². The second-order valence-electron chi connectivity index (χ2n) is 8.97. The van der Waals surface area contributed by atoms with E-state index in [1.807, 2.05) is 18.2 Å². The van der Waals surface area contributed by atoms with Crippen LogP contribution in [0.1, 0.15) is 41.6 Å². The number of rotatable bonds is 8. The van der Waals surface area contributed by atoms with Crippen LogP contribution in [0.15, 0.2) is 47.4 Å². The maximum absolute atomic E-state index is 13.0. The molecule has 0 atom stereocenters. The van der Waals surface area contributed by atoms with Gasteiger partial charge in [-0.3, -0.25) is 4.79 Å². The minimum absolute atomic E-state index is 0.104. The molecule has 5 rings (SSSR count). The van der Waals surface area contributed by atoms with Gasteiger partial charge in [-0.2, -0.15) is 0 Å². The second kappa shape index (κ2) is 8.96. The monoisotopic (exact) mass is 472 g/mol. The molecule has 1 amide bonds. The lowest BCUT2D eigenvalue weighted by Gasteiger charge is -2.38. The molecule has 2 N–H and O–H groups in total. The fourth-order valence-corrected chi connectivity index (χ4v) is 5.51. The first kappa shape index (κ1) is 22.2. The number of ether oxygens (including phenoxy) is 3. The molecule has 0 bridgehead atoms. The van der Waals surface area contributed by atoms with Crippen LogP contribution in [0.25, 0.3) is 0 Å². The topological polar surface area (TPSA) is 103 Å². The molecule has 2 aromatic rings. The number of sulfonamides is 1. The van der Waals surface area contributed by atoms with Crippen molar-refractivity contribution in [3.63, 3.8) is 0 Å². The fourth-order valence-electron chi connectivity index (χ4n) is 4.34. The molecular formula is C24H28N2O6S. The largest absolute Gasteiger partial charge is 0.454 e. The highest BCUT2D eigenvalue weighted by Gasteiger charge is 2.36. The molecule has 8 nitrogen and oxygen atoms in total. The normalized spacial score (nSPS) is 19.3. The van der Waals surface area contributed by atoms with Gasteiger partial charge in [0.25, 0.3) is 5.91 Å². The van der Waals surface area contributed by atoms with E-state index in [1.54, 1.807) is 12.1 Å². The molecular weight excluding hydrogens is 444 g/mol. The Bertz CT molecular complexity index is 1140. The number of benzene rings is 2. The third-order valence-electron chi connectivity index (χ3n) is 6.69. The van der Waals surface area contributed by atoms with Crippen LogP contribution in [0.2, 0.25) is 0 Å². The third-order valence-corrected chi connectivity index (χ3v) is 8.11. The number of amides is 1. The summed E-state index contributed by atoms with van der Waals surface area (Å²) in [5, 5.41) is 3.03. The molecule has 0 unspecified atom stereocenters. The smallest absolute Gasteiger partial charge is 0.251 e. The van der Waals surface area contributed by atoms with Crippen molar-refractivity contribution < 1.29 is 27.4 Å². The van der Waals surface area contributed by atoms with Gasteiger partial charge in [0.2, 0.25) is 16.8 Å². The summed E-state index contributed by atoms with van der Waals surface area (Å²) in [6, 6.07) is 12.1. The molecule has 9 heteroatoms. The van der Waals surface area contributed by atoms with Crippen LogP contribution in [0.4, 0.5) is 0 Å². The lowest BCUT2D eigenvalue weighted by molar-refractivity contribution is 0.0486. The Morgan fingerprint density at radius 2 is 1.82 bits per heavy atom. The first-order chi connectivity index (χ1) is 16.0. The maximum Gasteiger partial charge on any atom is 0.251 e. The van der Waals surface area contributed by atoms with Gasteiger partial charge in [0.05, 0.1) is 4.90 Å². The molecule has 1 saturated carbocycles. The van der Waals surface area contributed by atoms with Crippen molar-refractivity contribution in [1.82, 2.24) is 10.0 Å². The molecule has 2 fully saturated rings. The first-order valence-corrected chi connectivity index (χ1v) is 12.8. The van der Waals surface area contributed by atoms with Crippen LogP contribution in [-0.2, 0) is 20.2 Å². The van der Waals surface area contributed by atoms with Gasteiger partial charge in [0, 0.05) is 37.3 Å². The molecule has 0 radical (unpaired) electrons. The van der Waals surface area contributed by atoms with Crippen LogP contribution in [0.5, 0.6) is 11.5 Å². The highest BCUT2D eigenvalue weighted by Crippen LogP contribution is 2.40. The van der Waals surface area contributed by atoms with E-state index in [0.29, 0.717) is 43.5 Å². The van der Waals surface area contributed by atoms with Crippen molar-refractivity contribution >= 4 is 15.9 Å². The summed E-state index contributed by atoms with van der Waals surface area (Å²) in [4.78, 5) is 13.1. The quantitative estimate of drug-likeness (QED) is 0.612. The molecule has 3 aliphatic rings. The van der Waals surface area contributed by atoms with Crippen molar-refractivity contribution in [2.24, 2.45) is 5.92 Å². The van der Waals surface area contributed by atoms with Crippen LogP contribution in [0.3, 0.4) is 0 Å². The summed E-state index contributed by atoms with van der Waals surface area (Å²) in [7, 11) is -3.64. The van der Waals surface area contributed by atoms with Crippen LogP contribution in [0, 0.1) is 5.92 Å². The number of carbonyl (C=O) groups excluding carboxylic acids is 1. The maximum atomic E-state index is 13.0. The number of nitrogens with one attached hydrogen (secondary N) is 2. The average molecular weight is 473 g/mol. The Hall–Kier alpha value is -2.62. The predicted molar refractivity (Wildman–Crippen MR) is 121 cm³/mol. The van der Waals surface area contributed by atoms with Crippen molar-refractivity contribution in [3.05, 3.63) is 53.6 Å². The predicted octanol–water partition coefficient (Wildman–Crippen LogP) is 2.58. The van der Waals surface area contributed by atoms with Crippen LogP contribution >= 0.6 is 0 Å². The van der Waals surface area contributed by atoms with Crippen molar-refractivity contribution in [2.45, 2.75) is 36.0 Å². The zero-order valence-electron chi connectivity index (χ0n) is 18.3. The minimum Gasteiger partial charge on any atom is -0.454 e. The van der Waals surface area contributed by atoms with Crippen molar-refractivity contribution in [3.8, 4) is 11.5 Å². The van der Waals surface area contributed by atoms with E-state index in [1.165, 1.54) is 12.1 Å². The van der Waals surface area contributed by atoms with Gasteiger partial charge in [0.1, 0.15) is 0 Å². The Balaban J connectivity index is 1.31. The Labute approximate surface area is 193 Å². The number of fused-ring (bicyclic) bond motifs is 1. The number of hydrogen-bond donors (Lipinski definition) is 2.